The van der Waals surface area contributed by atoms with E-state index in [2.05, 4.69) is 16.4 Å². The second-order valence-corrected chi connectivity index (χ2v) is 6.51. The summed E-state index contributed by atoms with van der Waals surface area (Å²) in [5.41, 5.74) is 1.08. The lowest BCUT2D eigenvalue weighted by molar-refractivity contribution is 0.111. The van der Waals surface area contributed by atoms with Gasteiger partial charge in [0.15, 0.2) is 6.29 Å². The first-order valence-electron chi connectivity index (χ1n) is 7.79. The van der Waals surface area contributed by atoms with Gasteiger partial charge in [0, 0.05) is 25.4 Å². The van der Waals surface area contributed by atoms with E-state index >= 15 is 0 Å². The van der Waals surface area contributed by atoms with Crippen LogP contribution < -0.4 is 10.1 Å². The number of rotatable bonds is 9. The first-order valence-corrected chi connectivity index (χ1v) is 8.67. The molecule has 0 bridgehead atoms. The largest absolute Gasteiger partial charge is 0.484 e. The highest BCUT2D eigenvalue weighted by atomic mass is 32.1. The standard InChI is InChI=1S/C18H23N3O2S/c1-19-10-9-17(18-8-5-11-24-18)23-16-7-4-6-15(14(16)12-22)20-13-21(2)3/h4-8,11-13,17,19H,9-10H2,1-3H3/b20-13-. The third-order valence-electron chi connectivity index (χ3n) is 3.37. The van der Waals surface area contributed by atoms with Gasteiger partial charge in [-0.25, -0.2) is 4.99 Å². The number of carbonyl (C=O) groups excluding carboxylic acids is 1. The fourth-order valence-electron chi connectivity index (χ4n) is 2.21. The van der Waals surface area contributed by atoms with Gasteiger partial charge >= 0.3 is 0 Å². The van der Waals surface area contributed by atoms with Crippen molar-refractivity contribution in [2.75, 3.05) is 27.7 Å². The van der Waals surface area contributed by atoms with Gasteiger partial charge in [0.25, 0.3) is 0 Å². The molecule has 0 aliphatic carbocycles. The second-order valence-electron chi connectivity index (χ2n) is 5.53. The van der Waals surface area contributed by atoms with Crippen LogP contribution >= 0.6 is 11.3 Å². The Kier molecular flexibility index (Phi) is 6.96. The molecule has 0 amide bonds. The quantitative estimate of drug-likeness (QED) is 0.429. The summed E-state index contributed by atoms with van der Waals surface area (Å²) in [5, 5.41) is 5.18. The van der Waals surface area contributed by atoms with Gasteiger partial charge in [-0.2, -0.15) is 0 Å². The van der Waals surface area contributed by atoms with Gasteiger partial charge in [0.05, 0.1) is 17.6 Å². The fourth-order valence-corrected chi connectivity index (χ4v) is 3.00. The summed E-state index contributed by atoms with van der Waals surface area (Å²) in [4.78, 5) is 18.9. The van der Waals surface area contributed by atoms with Crippen molar-refractivity contribution in [3.8, 4) is 5.75 Å². The molecule has 1 heterocycles. The van der Waals surface area contributed by atoms with Crippen LogP contribution in [0.4, 0.5) is 5.69 Å². The molecular formula is C18H23N3O2S. The zero-order valence-corrected chi connectivity index (χ0v) is 15.0. The van der Waals surface area contributed by atoms with Crippen molar-refractivity contribution in [1.29, 1.82) is 0 Å². The Balaban J connectivity index is 2.29. The lowest BCUT2D eigenvalue weighted by atomic mass is 10.1. The van der Waals surface area contributed by atoms with Crippen LogP contribution in [0.25, 0.3) is 0 Å². The predicted molar refractivity (Wildman–Crippen MR) is 99.9 cm³/mol. The molecule has 1 aromatic carbocycles. The zero-order valence-electron chi connectivity index (χ0n) is 14.2. The Morgan fingerprint density at radius 2 is 2.17 bits per heavy atom. The fraction of sp³-hybridized carbons (Fsp3) is 0.333. The number of hydrogen-bond donors (Lipinski definition) is 1. The van der Waals surface area contributed by atoms with E-state index in [4.69, 9.17) is 4.74 Å². The molecule has 128 valence electrons. The van der Waals surface area contributed by atoms with Crippen LogP contribution in [-0.4, -0.2) is 45.2 Å². The molecule has 0 aliphatic rings. The number of nitrogens with one attached hydrogen (secondary N) is 1. The number of thiophene rings is 1. The zero-order chi connectivity index (χ0) is 17.4. The summed E-state index contributed by atoms with van der Waals surface area (Å²) in [6, 6.07) is 9.55. The number of nitrogens with zero attached hydrogens (tertiary/aromatic N) is 2. The van der Waals surface area contributed by atoms with E-state index in [0.29, 0.717) is 17.0 Å². The number of ether oxygens (including phenoxy) is 1. The van der Waals surface area contributed by atoms with Gasteiger partial charge in [-0.15, -0.1) is 11.3 Å². The van der Waals surface area contributed by atoms with Gasteiger partial charge in [0.2, 0.25) is 0 Å². The maximum absolute atomic E-state index is 11.6. The van der Waals surface area contributed by atoms with E-state index in [-0.39, 0.29) is 6.10 Å². The number of benzene rings is 1. The smallest absolute Gasteiger partial charge is 0.155 e. The molecule has 0 fully saturated rings. The van der Waals surface area contributed by atoms with Crippen LogP contribution in [0.1, 0.15) is 27.8 Å². The average molecular weight is 345 g/mol. The number of carbonyl (C=O) groups is 1. The SMILES string of the molecule is CNCCC(Oc1cccc(/N=C\N(C)C)c1C=O)c1cccs1. The van der Waals surface area contributed by atoms with E-state index in [0.717, 1.165) is 24.1 Å². The minimum Gasteiger partial charge on any atom is -0.484 e. The summed E-state index contributed by atoms with van der Waals surface area (Å²) in [5.74, 6) is 0.563. The number of aliphatic imine (C=N–C) groups is 1. The Morgan fingerprint density at radius 1 is 1.33 bits per heavy atom. The van der Waals surface area contributed by atoms with Gasteiger partial charge in [-0.1, -0.05) is 12.1 Å². The third-order valence-corrected chi connectivity index (χ3v) is 4.34. The first-order chi connectivity index (χ1) is 11.7. The molecule has 1 atom stereocenters. The van der Waals surface area contributed by atoms with Crippen molar-refractivity contribution >= 4 is 29.6 Å². The molecule has 0 saturated heterocycles. The van der Waals surface area contributed by atoms with Crippen LogP contribution in [0.5, 0.6) is 5.75 Å². The highest BCUT2D eigenvalue weighted by Gasteiger charge is 2.17. The maximum atomic E-state index is 11.6. The first kappa shape index (κ1) is 18.2. The van der Waals surface area contributed by atoms with Gasteiger partial charge in [-0.3, -0.25) is 4.79 Å². The number of aldehydes is 1. The van der Waals surface area contributed by atoms with Gasteiger partial charge in [-0.05, 0) is 37.2 Å². The minimum atomic E-state index is -0.0933. The van der Waals surface area contributed by atoms with Crippen molar-refractivity contribution < 1.29 is 9.53 Å². The van der Waals surface area contributed by atoms with Crippen molar-refractivity contribution in [2.45, 2.75) is 12.5 Å². The monoisotopic (exact) mass is 345 g/mol. The summed E-state index contributed by atoms with van der Waals surface area (Å²) < 4.78 is 6.18. The van der Waals surface area contributed by atoms with E-state index < -0.39 is 0 Å². The molecule has 0 spiro atoms. The Hall–Kier alpha value is -2.18. The highest BCUT2D eigenvalue weighted by Crippen LogP contribution is 2.33. The van der Waals surface area contributed by atoms with Gasteiger partial charge < -0.3 is 15.0 Å². The minimum absolute atomic E-state index is 0.0933. The summed E-state index contributed by atoms with van der Waals surface area (Å²) >= 11 is 1.66. The van der Waals surface area contributed by atoms with Crippen molar-refractivity contribution in [2.24, 2.45) is 4.99 Å². The molecule has 0 radical (unpaired) electrons. The topological polar surface area (TPSA) is 53.9 Å². The lowest BCUT2D eigenvalue weighted by Crippen LogP contribution is -2.16. The average Bonchev–Trinajstić information content (AvgIpc) is 3.11. The van der Waals surface area contributed by atoms with Crippen LogP contribution in [0.15, 0.2) is 40.7 Å². The molecule has 2 rings (SSSR count). The second kappa shape index (κ2) is 9.20. The highest BCUT2D eigenvalue weighted by molar-refractivity contribution is 7.10. The molecular weight excluding hydrogens is 322 g/mol. The molecule has 2 aromatic rings. The summed E-state index contributed by atoms with van der Waals surface area (Å²) in [6.45, 7) is 0.831. The van der Waals surface area contributed by atoms with Crippen molar-refractivity contribution in [3.63, 3.8) is 0 Å². The van der Waals surface area contributed by atoms with Crippen LogP contribution in [0.2, 0.25) is 0 Å². The van der Waals surface area contributed by atoms with Crippen molar-refractivity contribution in [3.05, 3.63) is 46.2 Å². The van der Waals surface area contributed by atoms with Crippen LogP contribution in [0, 0.1) is 0 Å². The van der Waals surface area contributed by atoms with Crippen LogP contribution in [0.3, 0.4) is 0 Å². The Bertz CT molecular complexity index is 669. The predicted octanol–water partition coefficient (Wildman–Crippen LogP) is 3.51. The Labute approximate surface area is 147 Å². The molecule has 0 saturated carbocycles. The molecule has 6 heteroatoms. The maximum Gasteiger partial charge on any atom is 0.155 e. The normalized spacial score (nSPS) is 12.3. The molecule has 1 aromatic heterocycles. The van der Waals surface area contributed by atoms with Gasteiger partial charge in [0.1, 0.15) is 11.9 Å². The molecule has 24 heavy (non-hydrogen) atoms. The lowest BCUT2D eigenvalue weighted by Gasteiger charge is -2.19. The molecule has 1 unspecified atom stereocenters. The Morgan fingerprint density at radius 3 is 2.79 bits per heavy atom. The van der Waals surface area contributed by atoms with E-state index in [1.54, 1.807) is 17.7 Å². The molecule has 0 aliphatic heterocycles. The molecule has 1 N–H and O–H groups in total. The summed E-state index contributed by atoms with van der Waals surface area (Å²) in [6.07, 6.45) is 3.20. The van der Waals surface area contributed by atoms with E-state index in [9.17, 15) is 4.79 Å². The molecule has 5 nitrogen and oxygen atoms in total. The third kappa shape index (κ3) is 4.91. The van der Waals surface area contributed by atoms with E-state index in [1.165, 1.54) is 0 Å². The van der Waals surface area contributed by atoms with E-state index in [1.807, 2.05) is 55.7 Å². The number of hydrogen-bond acceptors (Lipinski definition) is 5. The summed E-state index contributed by atoms with van der Waals surface area (Å²) in [7, 11) is 5.68. The van der Waals surface area contributed by atoms with Crippen molar-refractivity contribution in [1.82, 2.24) is 10.2 Å². The van der Waals surface area contributed by atoms with Crippen LogP contribution in [-0.2, 0) is 0 Å².